The number of benzene rings is 1. The lowest BCUT2D eigenvalue weighted by Gasteiger charge is -2.33. The Morgan fingerprint density at radius 2 is 1.90 bits per heavy atom. The van der Waals surface area contributed by atoms with Crippen LogP contribution in [0.1, 0.15) is 41.9 Å². The van der Waals surface area contributed by atoms with E-state index in [4.69, 9.17) is 9.47 Å². The van der Waals surface area contributed by atoms with Crippen molar-refractivity contribution in [2.75, 3.05) is 13.2 Å². The maximum atomic E-state index is 13.1. The number of esters is 1. The molecule has 2 aromatic rings. The number of hydrogen-bond acceptors (Lipinski definition) is 6. The molecule has 30 heavy (non-hydrogen) atoms. The fourth-order valence-electron chi connectivity index (χ4n) is 4.04. The summed E-state index contributed by atoms with van der Waals surface area (Å²) in [5, 5.41) is 3.31. The van der Waals surface area contributed by atoms with Crippen LogP contribution in [0.2, 0.25) is 0 Å². The predicted molar refractivity (Wildman–Crippen MR) is 116 cm³/mol. The Hall–Kier alpha value is -2.86. The van der Waals surface area contributed by atoms with E-state index in [0.717, 1.165) is 45.3 Å². The van der Waals surface area contributed by atoms with Gasteiger partial charge in [-0.15, -0.1) is 11.3 Å². The molecule has 0 spiro atoms. The van der Waals surface area contributed by atoms with Crippen LogP contribution in [0, 0.1) is 6.92 Å². The van der Waals surface area contributed by atoms with Crippen LogP contribution < -0.4 is 10.1 Å². The highest BCUT2D eigenvalue weighted by Crippen LogP contribution is 2.44. The summed E-state index contributed by atoms with van der Waals surface area (Å²) in [4.78, 5) is 28.1. The fourth-order valence-corrected chi connectivity index (χ4v) is 5.03. The number of nitrogens with one attached hydrogen (secondary N) is 1. The molecule has 0 unspecified atom stereocenters. The summed E-state index contributed by atoms with van der Waals surface area (Å²) in [5.41, 5.74) is 2.95. The second kappa shape index (κ2) is 8.88. The van der Waals surface area contributed by atoms with Crippen molar-refractivity contribution in [3.63, 3.8) is 0 Å². The summed E-state index contributed by atoms with van der Waals surface area (Å²) in [7, 11) is 0. The van der Waals surface area contributed by atoms with E-state index in [0.29, 0.717) is 12.0 Å². The molecule has 2 aliphatic rings. The van der Waals surface area contributed by atoms with Gasteiger partial charge in [-0.3, -0.25) is 4.79 Å². The zero-order chi connectivity index (χ0) is 21.1. The van der Waals surface area contributed by atoms with Crippen molar-refractivity contribution >= 4 is 23.1 Å². The molecule has 1 aliphatic heterocycles. The summed E-state index contributed by atoms with van der Waals surface area (Å²) >= 11 is 1.62. The Morgan fingerprint density at radius 1 is 1.10 bits per heavy atom. The van der Waals surface area contributed by atoms with Crippen LogP contribution in [0.15, 0.2) is 65.0 Å². The van der Waals surface area contributed by atoms with Gasteiger partial charge in [0.05, 0.1) is 11.5 Å². The van der Waals surface area contributed by atoms with Gasteiger partial charge in [-0.05, 0) is 51.0 Å². The molecule has 156 valence electrons. The van der Waals surface area contributed by atoms with Crippen LogP contribution in [0.3, 0.4) is 0 Å². The Bertz CT molecular complexity index is 1020. The Labute approximate surface area is 180 Å². The number of thiophene rings is 1. The van der Waals surface area contributed by atoms with Crippen LogP contribution in [0.4, 0.5) is 0 Å². The average molecular weight is 424 g/mol. The van der Waals surface area contributed by atoms with Gasteiger partial charge in [-0.25, -0.2) is 4.79 Å². The normalized spacial score (nSPS) is 18.7. The lowest BCUT2D eigenvalue weighted by atomic mass is 9.78. The molecule has 0 amide bonds. The van der Waals surface area contributed by atoms with Crippen LogP contribution in [-0.4, -0.2) is 25.0 Å². The van der Waals surface area contributed by atoms with Crippen molar-refractivity contribution in [2.45, 2.75) is 39.0 Å². The summed E-state index contributed by atoms with van der Waals surface area (Å²) in [5.74, 6) is 0.0794. The SMILES string of the molecule is CC1=C(C(=O)OCCOc2ccccc2)[C@H](c2ccc(C)s2)C2=C(CCCC2=O)N1. The van der Waals surface area contributed by atoms with E-state index in [1.807, 2.05) is 56.3 Å². The van der Waals surface area contributed by atoms with Crippen LogP contribution in [0.5, 0.6) is 5.75 Å². The van der Waals surface area contributed by atoms with Gasteiger partial charge in [-0.2, -0.15) is 0 Å². The molecule has 0 fully saturated rings. The van der Waals surface area contributed by atoms with Gasteiger partial charge in [0.15, 0.2) is 5.78 Å². The standard InChI is InChI=1S/C24H25NO4S/c1-15-11-12-20(30-15)23-21(16(2)25-18-9-6-10-19(26)22(18)23)24(27)29-14-13-28-17-7-4-3-5-8-17/h3-5,7-8,11-12,23,25H,6,9-10,13-14H2,1-2H3/t23-/m0/s1. The molecule has 1 aromatic carbocycles. The highest BCUT2D eigenvalue weighted by atomic mass is 32.1. The first-order chi connectivity index (χ1) is 14.5. The van der Waals surface area contributed by atoms with Gasteiger partial charge >= 0.3 is 5.97 Å². The largest absolute Gasteiger partial charge is 0.490 e. The molecule has 0 saturated heterocycles. The number of para-hydroxylation sites is 1. The minimum Gasteiger partial charge on any atom is -0.490 e. The molecule has 2 heterocycles. The van der Waals surface area contributed by atoms with Gasteiger partial charge in [-0.1, -0.05) is 18.2 Å². The van der Waals surface area contributed by atoms with E-state index >= 15 is 0 Å². The van der Waals surface area contributed by atoms with Crippen molar-refractivity contribution < 1.29 is 19.1 Å². The predicted octanol–water partition coefficient (Wildman–Crippen LogP) is 4.65. The zero-order valence-electron chi connectivity index (χ0n) is 17.2. The maximum Gasteiger partial charge on any atom is 0.336 e. The fraction of sp³-hybridized carbons (Fsp3) is 0.333. The smallest absolute Gasteiger partial charge is 0.336 e. The molecule has 0 radical (unpaired) electrons. The monoisotopic (exact) mass is 423 g/mol. The molecule has 0 saturated carbocycles. The van der Waals surface area contributed by atoms with Crippen LogP contribution in [0.25, 0.3) is 0 Å². The quantitative estimate of drug-likeness (QED) is 0.541. The van der Waals surface area contributed by atoms with Crippen LogP contribution >= 0.6 is 11.3 Å². The second-order valence-electron chi connectivity index (χ2n) is 7.51. The maximum absolute atomic E-state index is 13.1. The third-order valence-corrected chi connectivity index (χ3v) is 6.44. The highest BCUT2D eigenvalue weighted by molar-refractivity contribution is 7.12. The average Bonchev–Trinajstić information content (AvgIpc) is 3.17. The van der Waals surface area contributed by atoms with Gasteiger partial charge in [0.1, 0.15) is 19.0 Å². The molecular weight excluding hydrogens is 398 g/mol. The molecule has 6 heteroatoms. The van der Waals surface area contributed by atoms with E-state index in [2.05, 4.69) is 5.32 Å². The topological polar surface area (TPSA) is 64.6 Å². The van der Waals surface area contributed by atoms with Gasteiger partial charge in [0, 0.05) is 33.1 Å². The van der Waals surface area contributed by atoms with Crippen molar-refractivity contribution in [3.8, 4) is 5.75 Å². The van der Waals surface area contributed by atoms with E-state index in [1.165, 1.54) is 0 Å². The Balaban J connectivity index is 1.54. The van der Waals surface area contributed by atoms with Gasteiger partial charge in [0.25, 0.3) is 0 Å². The molecule has 0 bridgehead atoms. The first kappa shape index (κ1) is 20.4. The molecular formula is C24H25NO4S. The minimum absolute atomic E-state index is 0.116. The van der Waals surface area contributed by atoms with E-state index in [1.54, 1.807) is 11.3 Å². The van der Waals surface area contributed by atoms with Gasteiger partial charge in [0.2, 0.25) is 0 Å². The van der Waals surface area contributed by atoms with E-state index in [-0.39, 0.29) is 24.9 Å². The summed E-state index contributed by atoms with van der Waals surface area (Å²) in [6.07, 6.45) is 2.19. The number of ketones is 1. The van der Waals surface area contributed by atoms with Crippen molar-refractivity contribution in [2.24, 2.45) is 0 Å². The Kier molecular flexibility index (Phi) is 6.04. The van der Waals surface area contributed by atoms with Crippen LogP contribution in [-0.2, 0) is 14.3 Å². The van der Waals surface area contributed by atoms with E-state index in [9.17, 15) is 9.59 Å². The van der Waals surface area contributed by atoms with E-state index < -0.39 is 5.97 Å². The number of dihydropyridines is 1. The minimum atomic E-state index is -0.405. The molecule has 1 atom stereocenters. The lowest BCUT2D eigenvalue weighted by Crippen LogP contribution is -2.34. The number of hydrogen-bond donors (Lipinski definition) is 1. The molecule has 1 N–H and O–H groups in total. The number of allylic oxidation sites excluding steroid dienone is 3. The number of rotatable bonds is 6. The van der Waals surface area contributed by atoms with Crippen molar-refractivity contribution in [1.29, 1.82) is 0 Å². The number of Topliss-reactive ketones (excluding diaryl/α,β-unsaturated/α-hetero) is 1. The van der Waals surface area contributed by atoms with Crippen molar-refractivity contribution in [3.05, 3.63) is 74.8 Å². The third-order valence-electron chi connectivity index (χ3n) is 5.37. The van der Waals surface area contributed by atoms with Gasteiger partial charge < -0.3 is 14.8 Å². The summed E-state index contributed by atoms with van der Waals surface area (Å²) in [6.45, 7) is 4.32. The van der Waals surface area contributed by atoms with Crippen molar-refractivity contribution in [1.82, 2.24) is 5.32 Å². The summed E-state index contributed by atoms with van der Waals surface area (Å²) < 4.78 is 11.2. The second-order valence-corrected chi connectivity index (χ2v) is 8.83. The number of carbonyl (C=O) groups excluding carboxylic acids is 2. The highest BCUT2D eigenvalue weighted by Gasteiger charge is 2.39. The first-order valence-corrected chi connectivity index (χ1v) is 11.0. The molecule has 4 rings (SSSR count). The lowest BCUT2D eigenvalue weighted by molar-refractivity contribution is -0.140. The number of aryl methyl sites for hydroxylation is 1. The third kappa shape index (κ3) is 4.19. The number of carbonyl (C=O) groups is 2. The molecule has 1 aliphatic carbocycles. The Morgan fingerprint density at radius 3 is 2.63 bits per heavy atom. The molecule has 5 nitrogen and oxygen atoms in total. The zero-order valence-corrected chi connectivity index (χ0v) is 18.0. The summed E-state index contributed by atoms with van der Waals surface area (Å²) in [6, 6.07) is 13.5. The molecule has 1 aromatic heterocycles. The number of ether oxygens (including phenoxy) is 2. The first-order valence-electron chi connectivity index (χ1n) is 10.2.